The van der Waals surface area contributed by atoms with Crippen molar-refractivity contribution in [2.75, 3.05) is 57.3 Å². The number of piperazine rings is 1. The molecule has 0 amide bonds. The number of aryl methyl sites for hydroxylation is 1. The van der Waals surface area contributed by atoms with Crippen LogP contribution < -0.4 is 21.1 Å². The quantitative estimate of drug-likeness (QED) is 0.631. The molecule has 6 nitrogen and oxygen atoms in total. The van der Waals surface area contributed by atoms with Crippen molar-refractivity contribution >= 4 is 5.69 Å². The first-order valence-electron chi connectivity index (χ1n) is 10.2. The lowest BCUT2D eigenvalue weighted by Crippen LogP contribution is -2.48. The summed E-state index contributed by atoms with van der Waals surface area (Å²) in [6.07, 6.45) is 0. The molecular weight excluding hydrogens is 357 g/mol. The first-order chi connectivity index (χ1) is 13.7. The Morgan fingerprint density at radius 2 is 1.89 bits per heavy atom. The minimum atomic E-state index is -0.175. The number of furan rings is 1. The molecule has 2 atom stereocenters. The van der Waals surface area contributed by atoms with Gasteiger partial charge in [0.25, 0.3) is 0 Å². The van der Waals surface area contributed by atoms with Crippen molar-refractivity contribution in [2.45, 2.75) is 13.0 Å². The highest BCUT2D eigenvalue weighted by Gasteiger charge is 2.30. The Balaban J connectivity index is 1.16. The number of rotatable bonds is 7. The van der Waals surface area contributed by atoms with E-state index in [1.165, 1.54) is 12.1 Å². The van der Waals surface area contributed by atoms with Crippen molar-refractivity contribution in [3.63, 3.8) is 0 Å². The van der Waals surface area contributed by atoms with Crippen LogP contribution in [0.3, 0.4) is 0 Å². The van der Waals surface area contributed by atoms with Crippen LogP contribution in [0.5, 0.6) is 0 Å². The smallest absolute Gasteiger partial charge is 0.123 e. The van der Waals surface area contributed by atoms with Crippen molar-refractivity contribution in [1.82, 2.24) is 21.1 Å². The summed E-state index contributed by atoms with van der Waals surface area (Å²) in [5.74, 6) is 2.26. The topological polar surface area (TPSA) is 55.7 Å². The number of nitrogens with one attached hydrogen (secondary N) is 3. The van der Waals surface area contributed by atoms with Crippen LogP contribution in [0, 0.1) is 18.7 Å². The molecule has 4 rings (SSSR count). The predicted molar refractivity (Wildman–Crippen MR) is 109 cm³/mol. The van der Waals surface area contributed by atoms with E-state index in [4.69, 9.17) is 4.42 Å². The second-order valence-electron chi connectivity index (χ2n) is 7.72. The molecule has 2 aliphatic rings. The van der Waals surface area contributed by atoms with Gasteiger partial charge in [0, 0.05) is 64.0 Å². The van der Waals surface area contributed by atoms with Crippen LogP contribution in [0.15, 0.2) is 40.8 Å². The van der Waals surface area contributed by atoms with Crippen molar-refractivity contribution in [3.05, 3.63) is 53.7 Å². The minimum absolute atomic E-state index is 0.175. The van der Waals surface area contributed by atoms with Gasteiger partial charge in [0.1, 0.15) is 17.3 Å². The molecule has 0 radical (unpaired) electrons. The lowest BCUT2D eigenvalue weighted by molar-refractivity contribution is 0.254. The first-order valence-corrected chi connectivity index (χ1v) is 10.2. The molecule has 7 heteroatoms. The summed E-state index contributed by atoms with van der Waals surface area (Å²) >= 11 is 0. The van der Waals surface area contributed by atoms with Crippen LogP contribution in [0.1, 0.15) is 17.6 Å². The van der Waals surface area contributed by atoms with Crippen LogP contribution in [0.25, 0.3) is 0 Å². The third-order valence-electron chi connectivity index (χ3n) is 5.74. The summed E-state index contributed by atoms with van der Waals surface area (Å²) < 4.78 is 18.9. The maximum absolute atomic E-state index is 13.1. The Kier molecular flexibility index (Phi) is 6.26. The molecule has 2 saturated heterocycles. The molecule has 0 saturated carbocycles. The largest absolute Gasteiger partial charge is 0.465 e. The van der Waals surface area contributed by atoms with E-state index in [2.05, 4.69) is 32.0 Å². The van der Waals surface area contributed by atoms with E-state index in [9.17, 15) is 4.39 Å². The number of hydrazine groups is 1. The fourth-order valence-corrected chi connectivity index (χ4v) is 4.06. The Bertz CT molecular complexity index is 742. The van der Waals surface area contributed by atoms with E-state index >= 15 is 0 Å². The lowest BCUT2D eigenvalue weighted by Gasteiger charge is -2.36. The number of nitrogens with zero attached hydrogens (tertiary/aromatic N) is 2. The SMILES string of the molecule is Cc1ccc(C2NNCC2CNCCN2CCN(c3ccc(F)cc3)CC2)o1. The molecule has 28 heavy (non-hydrogen) atoms. The highest BCUT2D eigenvalue weighted by Crippen LogP contribution is 2.25. The second kappa shape index (κ2) is 9.05. The Morgan fingerprint density at radius 3 is 2.61 bits per heavy atom. The number of hydrogen-bond acceptors (Lipinski definition) is 6. The molecule has 3 N–H and O–H groups in total. The van der Waals surface area contributed by atoms with Crippen LogP contribution in [-0.4, -0.2) is 57.3 Å². The van der Waals surface area contributed by atoms with E-state index in [1.54, 1.807) is 0 Å². The number of anilines is 1. The third kappa shape index (κ3) is 4.72. The summed E-state index contributed by atoms with van der Waals surface area (Å²) in [5.41, 5.74) is 7.69. The van der Waals surface area contributed by atoms with Crippen LogP contribution in [0.4, 0.5) is 10.1 Å². The van der Waals surface area contributed by atoms with Gasteiger partial charge < -0.3 is 14.6 Å². The van der Waals surface area contributed by atoms with Crippen LogP contribution >= 0.6 is 0 Å². The molecule has 3 heterocycles. The maximum atomic E-state index is 13.1. The van der Waals surface area contributed by atoms with Gasteiger partial charge in [0.2, 0.25) is 0 Å². The first kappa shape index (κ1) is 19.4. The molecule has 0 aliphatic carbocycles. The summed E-state index contributed by atoms with van der Waals surface area (Å²) in [5, 5.41) is 3.61. The average molecular weight is 388 g/mol. The fraction of sp³-hybridized carbons (Fsp3) is 0.524. The van der Waals surface area contributed by atoms with Crippen LogP contribution in [-0.2, 0) is 0 Å². The third-order valence-corrected chi connectivity index (χ3v) is 5.74. The highest BCUT2D eigenvalue weighted by molar-refractivity contribution is 5.46. The molecule has 1 aromatic heterocycles. The molecule has 0 spiro atoms. The Labute approximate surface area is 166 Å². The zero-order valence-corrected chi connectivity index (χ0v) is 16.5. The summed E-state index contributed by atoms with van der Waals surface area (Å²) in [6, 6.07) is 11.1. The van der Waals surface area contributed by atoms with Gasteiger partial charge in [0.05, 0.1) is 6.04 Å². The molecular formula is C21H30FN5O. The standard InChI is InChI=1S/C21H30FN5O/c1-16-2-7-20(28-16)21-17(15-24-25-21)14-23-8-9-26-10-12-27(13-11-26)19-5-3-18(22)4-6-19/h2-7,17,21,23-25H,8-15H2,1H3. The zero-order chi connectivity index (χ0) is 19.3. The predicted octanol–water partition coefficient (Wildman–Crippen LogP) is 1.90. The van der Waals surface area contributed by atoms with Gasteiger partial charge in [-0.2, -0.15) is 0 Å². The lowest BCUT2D eigenvalue weighted by atomic mass is 10.00. The van der Waals surface area contributed by atoms with Gasteiger partial charge in [-0.1, -0.05) is 0 Å². The van der Waals surface area contributed by atoms with Gasteiger partial charge in [-0.25, -0.2) is 9.82 Å². The number of benzene rings is 1. The minimum Gasteiger partial charge on any atom is -0.465 e. The van der Waals surface area contributed by atoms with Gasteiger partial charge in [-0.15, -0.1) is 0 Å². The van der Waals surface area contributed by atoms with Crippen molar-refractivity contribution < 1.29 is 8.81 Å². The summed E-state index contributed by atoms with van der Waals surface area (Å²) in [6.45, 7) is 9.97. The molecule has 2 unspecified atom stereocenters. The van der Waals surface area contributed by atoms with Gasteiger partial charge >= 0.3 is 0 Å². The summed E-state index contributed by atoms with van der Waals surface area (Å²) in [4.78, 5) is 4.82. The molecule has 2 fully saturated rings. The molecule has 152 valence electrons. The maximum Gasteiger partial charge on any atom is 0.123 e. The molecule has 1 aromatic carbocycles. The average Bonchev–Trinajstić information content (AvgIpc) is 3.35. The van der Waals surface area contributed by atoms with E-state index < -0.39 is 0 Å². The molecule has 2 aliphatic heterocycles. The van der Waals surface area contributed by atoms with Gasteiger partial charge in [-0.3, -0.25) is 10.3 Å². The normalized spacial score (nSPS) is 23.4. The Hall–Kier alpha value is -1.93. The van der Waals surface area contributed by atoms with Crippen molar-refractivity contribution in [1.29, 1.82) is 0 Å². The van der Waals surface area contributed by atoms with Gasteiger partial charge in [0.15, 0.2) is 0 Å². The number of hydrogen-bond donors (Lipinski definition) is 3. The van der Waals surface area contributed by atoms with Crippen molar-refractivity contribution in [3.8, 4) is 0 Å². The number of halogens is 1. The highest BCUT2D eigenvalue weighted by atomic mass is 19.1. The second-order valence-corrected chi connectivity index (χ2v) is 7.72. The summed E-state index contributed by atoms with van der Waals surface area (Å²) in [7, 11) is 0. The van der Waals surface area contributed by atoms with E-state index in [0.29, 0.717) is 5.92 Å². The molecule has 2 aromatic rings. The molecule has 0 bridgehead atoms. The zero-order valence-electron chi connectivity index (χ0n) is 16.5. The Morgan fingerprint density at radius 1 is 1.11 bits per heavy atom. The van der Waals surface area contributed by atoms with Crippen molar-refractivity contribution in [2.24, 2.45) is 5.92 Å². The fourth-order valence-electron chi connectivity index (χ4n) is 4.06. The van der Waals surface area contributed by atoms with Gasteiger partial charge in [-0.05, 0) is 43.3 Å². The van der Waals surface area contributed by atoms with E-state index in [0.717, 1.165) is 69.6 Å². The van der Waals surface area contributed by atoms with E-state index in [1.807, 2.05) is 25.1 Å². The van der Waals surface area contributed by atoms with Crippen LogP contribution in [0.2, 0.25) is 0 Å². The van der Waals surface area contributed by atoms with E-state index in [-0.39, 0.29) is 11.9 Å². The monoisotopic (exact) mass is 387 g/mol.